The highest BCUT2D eigenvalue weighted by Crippen LogP contribution is 2.29. The van der Waals surface area contributed by atoms with Crippen LogP contribution < -0.4 is 20.1 Å². The number of morpholine rings is 1. The van der Waals surface area contributed by atoms with Crippen LogP contribution in [0.5, 0.6) is 11.5 Å². The first-order chi connectivity index (χ1) is 8.83. The molecular formula is C13H20N2O3. The summed E-state index contributed by atoms with van der Waals surface area (Å²) in [6.45, 7) is 3.29. The normalized spacial score (nSPS) is 19.3. The summed E-state index contributed by atoms with van der Waals surface area (Å²) in [5.74, 6) is 1.47. The minimum atomic E-state index is 0.354. The smallest absolute Gasteiger partial charge is 0.162 e. The third kappa shape index (κ3) is 3.27. The monoisotopic (exact) mass is 252 g/mol. The van der Waals surface area contributed by atoms with Crippen LogP contribution in [0, 0.1) is 0 Å². The molecule has 1 unspecified atom stereocenters. The molecule has 1 fully saturated rings. The highest BCUT2D eigenvalue weighted by Gasteiger charge is 2.12. The van der Waals surface area contributed by atoms with Gasteiger partial charge in [-0.2, -0.15) is 0 Å². The van der Waals surface area contributed by atoms with Crippen LogP contribution in [-0.4, -0.2) is 46.6 Å². The van der Waals surface area contributed by atoms with Crippen molar-refractivity contribution in [3.05, 3.63) is 18.2 Å². The third-order valence-corrected chi connectivity index (χ3v) is 2.93. The van der Waals surface area contributed by atoms with Crippen molar-refractivity contribution in [3.8, 4) is 11.5 Å². The summed E-state index contributed by atoms with van der Waals surface area (Å²) < 4.78 is 15.9. The topological polar surface area (TPSA) is 51.8 Å². The van der Waals surface area contributed by atoms with Gasteiger partial charge in [0.15, 0.2) is 11.5 Å². The third-order valence-electron chi connectivity index (χ3n) is 2.93. The van der Waals surface area contributed by atoms with Gasteiger partial charge in [-0.15, -0.1) is 0 Å². The van der Waals surface area contributed by atoms with Crippen LogP contribution in [0.1, 0.15) is 0 Å². The highest BCUT2D eigenvalue weighted by atomic mass is 16.5. The Morgan fingerprint density at radius 1 is 1.33 bits per heavy atom. The number of nitrogens with one attached hydrogen (secondary N) is 2. The van der Waals surface area contributed by atoms with E-state index in [1.165, 1.54) is 0 Å². The molecule has 1 aromatic carbocycles. The van der Waals surface area contributed by atoms with Gasteiger partial charge in [0.2, 0.25) is 0 Å². The van der Waals surface area contributed by atoms with E-state index in [1.54, 1.807) is 14.2 Å². The lowest BCUT2D eigenvalue weighted by molar-refractivity contribution is 0.0806. The van der Waals surface area contributed by atoms with Crippen molar-refractivity contribution in [2.75, 3.05) is 45.8 Å². The molecule has 1 aliphatic rings. The molecule has 0 saturated carbocycles. The lowest BCUT2D eigenvalue weighted by atomic mass is 10.2. The van der Waals surface area contributed by atoms with Crippen LogP contribution in [0.3, 0.4) is 0 Å². The van der Waals surface area contributed by atoms with E-state index < -0.39 is 0 Å². The molecule has 1 aliphatic heterocycles. The van der Waals surface area contributed by atoms with Gasteiger partial charge in [-0.1, -0.05) is 0 Å². The van der Waals surface area contributed by atoms with Gasteiger partial charge in [-0.25, -0.2) is 0 Å². The van der Waals surface area contributed by atoms with Crippen molar-refractivity contribution in [3.63, 3.8) is 0 Å². The summed E-state index contributed by atoms with van der Waals surface area (Å²) >= 11 is 0. The number of anilines is 1. The predicted octanol–water partition coefficient (Wildman–Crippen LogP) is 1.10. The Labute approximate surface area is 107 Å². The van der Waals surface area contributed by atoms with E-state index in [1.807, 2.05) is 18.2 Å². The van der Waals surface area contributed by atoms with Gasteiger partial charge in [0, 0.05) is 30.9 Å². The van der Waals surface area contributed by atoms with E-state index in [-0.39, 0.29) is 0 Å². The molecule has 1 atom stereocenters. The van der Waals surface area contributed by atoms with Gasteiger partial charge in [0.05, 0.1) is 27.4 Å². The number of benzene rings is 1. The van der Waals surface area contributed by atoms with Crippen molar-refractivity contribution in [2.24, 2.45) is 0 Å². The number of hydrogen-bond acceptors (Lipinski definition) is 5. The van der Waals surface area contributed by atoms with Crippen LogP contribution in [0.2, 0.25) is 0 Å². The second-order valence-electron chi connectivity index (χ2n) is 4.18. The van der Waals surface area contributed by atoms with E-state index in [0.717, 1.165) is 43.5 Å². The van der Waals surface area contributed by atoms with Crippen LogP contribution in [-0.2, 0) is 4.74 Å². The minimum absolute atomic E-state index is 0.354. The summed E-state index contributed by atoms with van der Waals surface area (Å²) in [6, 6.07) is 6.16. The Hall–Kier alpha value is -1.46. The molecule has 5 nitrogen and oxygen atoms in total. The van der Waals surface area contributed by atoms with E-state index in [0.29, 0.717) is 6.04 Å². The molecule has 0 amide bonds. The van der Waals surface area contributed by atoms with Gasteiger partial charge in [0.25, 0.3) is 0 Å². The summed E-state index contributed by atoms with van der Waals surface area (Å²) in [6.07, 6.45) is 0. The van der Waals surface area contributed by atoms with Crippen LogP contribution in [0.15, 0.2) is 18.2 Å². The van der Waals surface area contributed by atoms with E-state index in [4.69, 9.17) is 14.2 Å². The molecule has 1 heterocycles. The molecule has 1 saturated heterocycles. The van der Waals surface area contributed by atoms with Crippen LogP contribution in [0.25, 0.3) is 0 Å². The van der Waals surface area contributed by atoms with Gasteiger partial charge in [-0.05, 0) is 12.1 Å². The largest absolute Gasteiger partial charge is 0.493 e. The summed E-state index contributed by atoms with van der Waals surface area (Å²) in [7, 11) is 3.27. The maximum absolute atomic E-state index is 5.40. The fourth-order valence-corrected chi connectivity index (χ4v) is 1.94. The molecular weight excluding hydrogens is 232 g/mol. The fourth-order valence-electron chi connectivity index (χ4n) is 1.94. The Morgan fingerprint density at radius 3 is 2.83 bits per heavy atom. The summed E-state index contributed by atoms with van der Waals surface area (Å²) in [5.41, 5.74) is 1.01. The van der Waals surface area contributed by atoms with Crippen molar-refractivity contribution < 1.29 is 14.2 Å². The van der Waals surface area contributed by atoms with E-state index in [9.17, 15) is 0 Å². The van der Waals surface area contributed by atoms with Crippen LogP contribution in [0.4, 0.5) is 5.69 Å². The Morgan fingerprint density at radius 2 is 2.17 bits per heavy atom. The molecule has 1 aromatic rings. The lowest BCUT2D eigenvalue weighted by Gasteiger charge is -2.24. The minimum Gasteiger partial charge on any atom is -0.493 e. The average Bonchev–Trinajstić information content (AvgIpc) is 2.45. The first kappa shape index (κ1) is 13.0. The molecule has 0 radical (unpaired) electrons. The van der Waals surface area contributed by atoms with Crippen LogP contribution >= 0.6 is 0 Å². The quantitative estimate of drug-likeness (QED) is 0.822. The molecule has 2 rings (SSSR count). The highest BCUT2D eigenvalue weighted by molar-refractivity contribution is 5.54. The number of rotatable bonds is 5. The number of hydrogen-bond donors (Lipinski definition) is 2. The average molecular weight is 252 g/mol. The predicted molar refractivity (Wildman–Crippen MR) is 70.6 cm³/mol. The Kier molecular flexibility index (Phi) is 4.66. The second-order valence-corrected chi connectivity index (χ2v) is 4.18. The zero-order chi connectivity index (χ0) is 12.8. The molecule has 0 spiro atoms. The molecule has 2 N–H and O–H groups in total. The lowest BCUT2D eigenvalue weighted by Crippen LogP contribution is -2.45. The molecule has 0 bridgehead atoms. The van der Waals surface area contributed by atoms with Crippen molar-refractivity contribution in [2.45, 2.75) is 6.04 Å². The Bertz CT molecular complexity index is 378. The molecule has 18 heavy (non-hydrogen) atoms. The first-order valence-corrected chi connectivity index (χ1v) is 6.10. The zero-order valence-electron chi connectivity index (χ0n) is 10.9. The van der Waals surface area contributed by atoms with Gasteiger partial charge in [-0.3, -0.25) is 0 Å². The maximum Gasteiger partial charge on any atom is 0.162 e. The number of methoxy groups -OCH3 is 2. The molecule has 0 aromatic heterocycles. The van der Waals surface area contributed by atoms with Gasteiger partial charge in [0.1, 0.15) is 0 Å². The first-order valence-electron chi connectivity index (χ1n) is 6.10. The number of ether oxygens (including phenoxy) is 3. The second kappa shape index (κ2) is 6.47. The molecule has 0 aliphatic carbocycles. The molecule has 100 valence electrons. The van der Waals surface area contributed by atoms with E-state index >= 15 is 0 Å². The zero-order valence-corrected chi connectivity index (χ0v) is 10.9. The van der Waals surface area contributed by atoms with Crippen molar-refractivity contribution in [1.82, 2.24) is 5.32 Å². The SMILES string of the molecule is COc1ccc(NCC2COCCN2)cc1OC. The van der Waals surface area contributed by atoms with E-state index in [2.05, 4.69) is 10.6 Å². The van der Waals surface area contributed by atoms with Gasteiger partial charge >= 0.3 is 0 Å². The fraction of sp³-hybridized carbons (Fsp3) is 0.538. The van der Waals surface area contributed by atoms with Gasteiger partial charge < -0.3 is 24.8 Å². The van der Waals surface area contributed by atoms with Crippen molar-refractivity contribution in [1.29, 1.82) is 0 Å². The van der Waals surface area contributed by atoms with Crippen molar-refractivity contribution >= 4 is 5.69 Å². The molecule has 5 heteroatoms. The maximum atomic E-state index is 5.40. The Balaban J connectivity index is 1.92. The summed E-state index contributed by atoms with van der Waals surface area (Å²) in [4.78, 5) is 0. The standard InChI is InChI=1S/C13H20N2O3/c1-16-12-4-3-10(7-13(12)17-2)15-8-11-9-18-6-5-14-11/h3-4,7,11,14-15H,5-6,8-9H2,1-2H3. The summed E-state index contributed by atoms with van der Waals surface area (Å²) in [5, 5.41) is 6.76.